The van der Waals surface area contributed by atoms with Crippen molar-refractivity contribution in [3.8, 4) is 11.5 Å². The first-order valence-corrected chi connectivity index (χ1v) is 7.56. The molecule has 1 amide bonds. The molecule has 0 atom stereocenters. The molecule has 2 rings (SSSR count). The second-order valence-electron chi connectivity index (χ2n) is 4.34. The maximum absolute atomic E-state index is 12.2. The Kier molecular flexibility index (Phi) is 5.41. The normalized spacial score (nSPS) is 11.2. The van der Waals surface area contributed by atoms with Crippen molar-refractivity contribution >= 4 is 34.6 Å². The van der Waals surface area contributed by atoms with Gasteiger partial charge >= 0.3 is 0 Å². The van der Waals surface area contributed by atoms with Crippen LogP contribution in [0.15, 0.2) is 35.4 Å². The van der Waals surface area contributed by atoms with Crippen LogP contribution in [0.4, 0.5) is 0 Å². The number of halogens is 1. The molecule has 0 aliphatic rings. The molecular formula is C15H15ClN2O3S. The Labute approximate surface area is 137 Å². The van der Waals surface area contributed by atoms with Gasteiger partial charge in [-0.1, -0.05) is 11.6 Å². The summed E-state index contributed by atoms with van der Waals surface area (Å²) in [6.07, 6.45) is 0. The fourth-order valence-corrected chi connectivity index (χ4v) is 2.69. The van der Waals surface area contributed by atoms with Gasteiger partial charge in [0.05, 0.1) is 29.1 Å². The molecule has 116 valence electrons. The zero-order chi connectivity index (χ0) is 16.1. The summed E-state index contributed by atoms with van der Waals surface area (Å²) in [7, 11) is 3.05. The largest absolute Gasteiger partial charge is 0.497 e. The van der Waals surface area contributed by atoms with Crippen LogP contribution in [0, 0.1) is 0 Å². The molecule has 0 aliphatic heterocycles. The number of ether oxygens (including phenoxy) is 2. The quantitative estimate of drug-likeness (QED) is 0.669. The highest BCUT2D eigenvalue weighted by molar-refractivity contribution is 7.18. The van der Waals surface area contributed by atoms with E-state index in [4.69, 9.17) is 21.1 Å². The van der Waals surface area contributed by atoms with Crippen molar-refractivity contribution in [2.45, 2.75) is 6.92 Å². The Morgan fingerprint density at radius 1 is 1.18 bits per heavy atom. The van der Waals surface area contributed by atoms with Gasteiger partial charge in [0.25, 0.3) is 5.91 Å². The van der Waals surface area contributed by atoms with Crippen LogP contribution in [0.25, 0.3) is 0 Å². The molecule has 0 radical (unpaired) electrons. The van der Waals surface area contributed by atoms with Gasteiger partial charge in [-0.2, -0.15) is 5.10 Å². The second kappa shape index (κ2) is 7.29. The number of carbonyl (C=O) groups excluding carboxylic acids is 1. The van der Waals surface area contributed by atoms with E-state index >= 15 is 0 Å². The Balaban J connectivity index is 2.15. The summed E-state index contributed by atoms with van der Waals surface area (Å²) < 4.78 is 10.9. The van der Waals surface area contributed by atoms with E-state index in [-0.39, 0.29) is 5.91 Å². The number of hydrogen-bond acceptors (Lipinski definition) is 5. The average molecular weight is 339 g/mol. The van der Waals surface area contributed by atoms with Gasteiger partial charge in [-0.05, 0) is 31.2 Å². The van der Waals surface area contributed by atoms with Crippen LogP contribution in [0.3, 0.4) is 0 Å². The van der Waals surface area contributed by atoms with E-state index in [1.807, 2.05) is 6.07 Å². The predicted molar refractivity (Wildman–Crippen MR) is 88.6 cm³/mol. The van der Waals surface area contributed by atoms with Gasteiger partial charge in [0.1, 0.15) is 11.5 Å². The maximum Gasteiger partial charge on any atom is 0.271 e. The smallest absolute Gasteiger partial charge is 0.271 e. The molecule has 0 aliphatic carbocycles. The van der Waals surface area contributed by atoms with Gasteiger partial charge in [-0.3, -0.25) is 4.79 Å². The number of benzene rings is 1. The zero-order valence-electron chi connectivity index (χ0n) is 12.3. The molecule has 0 unspecified atom stereocenters. The molecule has 7 heteroatoms. The SMILES string of the molecule is COc1cc(OC)cc(C(=O)N/N=C(\C)c2ccc(Cl)s2)c1. The van der Waals surface area contributed by atoms with Crippen LogP contribution in [0.1, 0.15) is 22.2 Å². The summed E-state index contributed by atoms with van der Waals surface area (Å²) in [5.41, 5.74) is 3.59. The molecule has 5 nitrogen and oxygen atoms in total. The number of nitrogens with zero attached hydrogens (tertiary/aromatic N) is 1. The van der Waals surface area contributed by atoms with Crippen LogP contribution in [0.5, 0.6) is 11.5 Å². The van der Waals surface area contributed by atoms with Gasteiger partial charge in [0.15, 0.2) is 0 Å². The summed E-state index contributed by atoms with van der Waals surface area (Å²) in [6, 6.07) is 8.57. The van der Waals surface area contributed by atoms with E-state index in [0.29, 0.717) is 27.1 Å². The van der Waals surface area contributed by atoms with E-state index in [0.717, 1.165) is 4.88 Å². The third-order valence-corrected chi connectivity index (χ3v) is 4.21. The van der Waals surface area contributed by atoms with Crippen molar-refractivity contribution < 1.29 is 14.3 Å². The first-order chi connectivity index (χ1) is 10.5. The number of carbonyl (C=O) groups is 1. The lowest BCUT2D eigenvalue weighted by Crippen LogP contribution is -2.19. The first kappa shape index (κ1) is 16.3. The molecule has 1 heterocycles. The van der Waals surface area contributed by atoms with Crippen LogP contribution in [0.2, 0.25) is 4.34 Å². The van der Waals surface area contributed by atoms with Gasteiger partial charge < -0.3 is 9.47 Å². The Hall–Kier alpha value is -2.05. The van der Waals surface area contributed by atoms with Gasteiger partial charge in [0.2, 0.25) is 0 Å². The third kappa shape index (κ3) is 3.99. The average Bonchev–Trinajstić information content (AvgIpc) is 2.98. The molecule has 1 aromatic carbocycles. The molecule has 0 fully saturated rings. The lowest BCUT2D eigenvalue weighted by atomic mass is 10.2. The minimum absolute atomic E-state index is 0.348. The predicted octanol–water partition coefficient (Wildman–Crippen LogP) is 3.57. The van der Waals surface area contributed by atoms with Crippen molar-refractivity contribution in [2.24, 2.45) is 5.10 Å². The van der Waals surface area contributed by atoms with Crippen LogP contribution in [-0.4, -0.2) is 25.8 Å². The molecule has 2 aromatic rings. The molecule has 0 saturated heterocycles. The number of thiophene rings is 1. The Bertz CT molecular complexity index is 690. The van der Waals surface area contributed by atoms with Crippen LogP contribution < -0.4 is 14.9 Å². The van der Waals surface area contributed by atoms with Crippen molar-refractivity contribution in [3.05, 3.63) is 45.1 Å². The lowest BCUT2D eigenvalue weighted by Gasteiger charge is -2.07. The zero-order valence-corrected chi connectivity index (χ0v) is 13.9. The molecule has 0 bridgehead atoms. The number of nitrogens with one attached hydrogen (secondary N) is 1. The molecule has 22 heavy (non-hydrogen) atoms. The van der Waals surface area contributed by atoms with Gasteiger partial charge in [-0.15, -0.1) is 11.3 Å². The Morgan fingerprint density at radius 2 is 1.82 bits per heavy atom. The summed E-state index contributed by atoms with van der Waals surface area (Å²) in [5, 5.41) is 4.08. The van der Waals surface area contributed by atoms with Crippen molar-refractivity contribution in [3.63, 3.8) is 0 Å². The lowest BCUT2D eigenvalue weighted by molar-refractivity contribution is 0.0954. The highest BCUT2D eigenvalue weighted by Crippen LogP contribution is 2.23. The minimum Gasteiger partial charge on any atom is -0.497 e. The highest BCUT2D eigenvalue weighted by atomic mass is 35.5. The van der Waals surface area contributed by atoms with Crippen molar-refractivity contribution in [1.82, 2.24) is 5.43 Å². The number of hydrazone groups is 1. The van der Waals surface area contributed by atoms with Crippen molar-refractivity contribution in [1.29, 1.82) is 0 Å². The maximum atomic E-state index is 12.2. The number of hydrogen-bond donors (Lipinski definition) is 1. The van der Waals surface area contributed by atoms with E-state index in [2.05, 4.69) is 10.5 Å². The molecular weight excluding hydrogens is 324 g/mol. The van der Waals surface area contributed by atoms with Crippen molar-refractivity contribution in [2.75, 3.05) is 14.2 Å². The number of methoxy groups -OCH3 is 2. The molecule has 0 saturated carbocycles. The van der Waals surface area contributed by atoms with Gasteiger partial charge in [0, 0.05) is 11.6 Å². The Morgan fingerprint density at radius 3 is 2.32 bits per heavy atom. The van der Waals surface area contributed by atoms with Crippen LogP contribution in [-0.2, 0) is 0 Å². The molecule has 1 aromatic heterocycles. The van der Waals surface area contributed by atoms with E-state index in [1.165, 1.54) is 25.6 Å². The number of amides is 1. The monoisotopic (exact) mass is 338 g/mol. The summed E-state index contributed by atoms with van der Waals surface area (Å²) >= 11 is 7.28. The minimum atomic E-state index is -0.348. The molecule has 1 N–H and O–H groups in total. The first-order valence-electron chi connectivity index (χ1n) is 6.37. The summed E-state index contributed by atoms with van der Waals surface area (Å²) in [5.74, 6) is 0.727. The highest BCUT2D eigenvalue weighted by Gasteiger charge is 2.10. The van der Waals surface area contributed by atoms with E-state index < -0.39 is 0 Å². The fourth-order valence-electron chi connectivity index (χ4n) is 1.70. The molecule has 0 spiro atoms. The second-order valence-corrected chi connectivity index (χ2v) is 6.06. The third-order valence-electron chi connectivity index (χ3n) is 2.87. The topological polar surface area (TPSA) is 59.9 Å². The fraction of sp³-hybridized carbons (Fsp3) is 0.200. The van der Waals surface area contributed by atoms with Gasteiger partial charge in [-0.25, -0.2) is 5.43 Å². The standard InChI is InChI=1S/C15H15ClN2O3S/c1-9(13-4-5-14(16)22-13)17-18-15(19)10-6-11(20-2)8-12(7-10)21-3/h4-8H,1-3H3,(H,18,19)/b17-9+. The van der Waals surface area contributed by atoms with Crippen LogP contribution >= 0.6 is 22.9 Å². The summed E-state index contributed by atoms with van der Waals surface area (Å²) in [4.78, 5) is 13.1. The van der Waals surface area contributed by atoms with E-state index in [1.54, 1.807) is 31.2 Å². The van der Waals surface area contributed by atoms with E-state index in [9.17, 15) is 4.79 Å². The summed E-state index contributed by atoms with van der Waals surface area (Å²) in [6.45, 7) is 1.80. The number of rotatable bonds is 5.